The highest BCUT2D eigenvalue weighted by molar-refractivity contribution is 5.89. The highest BCUT2D eigenvalue weighted by atomic mass is 16.5. The van der Waals surface area contributed by atoms with Gasteiger partial charge in [-0.3, -0.25) is 9.69 Å². The summed E-state index contributed by atoms with van der Waals surface area (Å²) in [6, 6.07) is 0. The molecule has 1 aliphatic carbocycles. The van der Waals surface area contributed by atoms with Gasteiger partial charge >= 0.3 is 0 Å². The molecular weight excluding hydrogens is 288 g/mol. The molecule has 0 radical (unpaired) electrons. The second-order valence-electron chi connectivity index (χ2n) is 8.44. The Morgan fingerprint density at radius 3 is 2.61 bits per heavy atom. The molecule has 4 heteroatoms. The lowest BCUT2D eigenvalue weighted by Gasteiger charge is -2.54. The second-order valence-corrected chi connectivity index (χ2v) is 8.44. The molecule has 1 saturated carbocycles. The van der Waals surface area contributed by atoms with Gasteiger partial charge in [-0.25, -0.2) is 0 Å². The van der Waals surface area contributed by atoms with Crippen LogP contribution in [0.25, 0.3) is 0 Å². The second kappa shape index (κ2) is 6.72. The van der Waals surface area contributed by atoms with E-state index in [-0.39, 0.29) is 5.41 Å². The summed E-state index contributed by atoms with van der Waals surface area (Å²) in [5.74, 6) is 1.23. The van der Waals surface area contributed by atoms with Gasteiger partial charge in [0.2, 0.25) is 5.91 Å². The van der Waals surface area contributed by atoms with Crippen molar-refractivity contribution in [2.45, 2.75) is 63.9 Å². The normalized spacial score (nSPS) is 36.6. The SMILES string of the molecule is O=C1N(CC2CCCCC2)C[C@@]12CCCN(C[C@@H]1CCCO1)C2. The molecule has 130 valence electrons. The molecule has 0 aromatic rings. The number of carbonyl (C=O) groups excluding carboxylic acids is 1. The zero-order valence-corrected chi connectivity index (χ0v) is 14.5. The van der Waals surface area contributed by atoms with Crippen LogP contribution in [0.4, 0.5) is 0 Å². The zero-order chi connectivity index (χ0) is 15.7. The van der Waals surface area contributed by atoms with Crippen molar-refractivity contribution < 1.29 is 9.53 Å². The first-order valence-corrected chi connectivity index (χ1v) is 9.89. The zero-order valence-electron chi connectivity index (χ0n) is 14.5. The average Bonchev–Trinajstić information content (AvgIpc) is 3.08. The summed E-state index contributed by atoms with van der Waals surface area (Å²) >= 11 is 0. The van der Waals surface area contributed by atoms with Gasteiger partial charge in [-0.05, 0) is 51.0 Å². The standard InChI is InChI=1S/C19H32N2O2/c22-18-19(15-21(18)12-16-6-2-1-3-7-16)9-5-10-20(14-19)13-17-8-4-11-23-17/h16-17H,1-15H2/t17-,19-/m0/s1. The molecule has 23 heavy (non-hydrogen) atoms. The average molecular weight is 320 g/mol. The highest BCUT2D eigenvalue weighted by Crippen LogP contribution is 2.41. The summed E-state index contributed by atoms with van der Waals surface area (Å²) in [5, 5.41) is 0. The number of piperidine rings is 1. The molecule has 1 amide bonds. The summed E-state index contributed by atoms with van der Waals surface area (Å²) in [6.45, 7) is 6.15. The van der Waals surface area contributed by atoms with Crippen LogP contribution in [0.15, 0.2) is 0 Å². The smallest absolute Gasteiger partial charge is 0.231 e. The van der Waals surface area contributed by atoms with Crippen molar-refractivity contribution in [2.24, 2.45) is 11.3 Å². The molecular formula is C19H32N2O2. The molecule has 4 nitrogen and oxygen atoms in total. The fraction of sp³-hybridized carbons (Fsp3) is 0.947. The van der Waals surface area contributed by atoms with Gasteiger partial charge in [0, 0.05) is 32.8 Å². The van der Waals surface area contributed by atoms with Crippen LogP contribution >= 0.6 is 0 Å². The van der Waals surface area contributed by atoms with Gasteiger partial charge in [-0.2, -0.15) is 0 Å². The summed E-state index contributed by atoms with van der Waals surface area (Å²) in [7, 11) is 0. The molecule has 0 unspecified atom stereocenters. The number of carbonyl (C=O) groups is 1. The van der Waals surface area contributed by atoms with Crippen LogP contribution in [0.1, 0.15) is 57.8 Å². The van der Waals surface area contributed by atoms with Crippen molar-refractivity contribution in [3.63, 3.8) is 0 Å². The van der Waals surface area contributed by atoms with Crippen molar-refractivity contribution in [1.29, 1.82) is 0 Å². The number of ether oxygens (including phenoxy) is 1. The van der Waals surface area contributed by atoms with E-state index < -0.39 is 0 Å². The number of amides is 1. The fourth-order valence-electron chi connectivity index (χ4n) is 5.34. The van der Waals surface area contributed by atoms with Crippen molar-refractivity contribution in [1.82, 2.24) is 9.80 Å². The minimum absolute atomic E-state index is 0.0362. The monoisotopic (exact) mass is 320 g/mol. The maximum absolute atomic E-state index is 12.9. The number of rotatable bonds is 4. The maximum atomic E-state index is 12.9. The summed E-state index contributed by atoms with van der Waals surface area (Å²) in [4.78, 5) is 17.5. The first-order valence-electron chi connectivity index (χ1n) is 9.89. The molecule has 0 bridgehead atoms. The summed E-state index contributed by atoms with van der Waals surface area (Å²) in [5.41, 5.74) is -0.0362. The van der Waals surface area contributed by atoms with E-state index in [2.05, 4.69) is 9.80 Å². The highest BCUT2D eigenvalue weighted by Gasteiger charge is 2.53. The van der Waals surface area contributed by atoms with Gasteiger partial charge in [0.15, 0.2) is 0 Å². The van der Waals surface area contributed by atoms with Crippen LogP contribution < -0.4 is 0 Å². The molecule has 3 heterocycles. The maximum Gasteiger partial charge on any atom is 0.231 e. The Balaban J connectivity index is 1.29. The third-order valence-electron chi connectivity index (χ3n) is 6.58. The Hall–Kier alpha value is -0.610. The summed E-state index contributed by atoms with van der Waals surface area (Å²) in [6.07, 6.45) is 11.9. The molecule has 3 aliphatic heterocycles. The van der Waals surface area contributed by atoms with E-state index in [0.717, 1.165) is 51.7 Å². The van der Waals surface area contributed by atoms with Crippen LogP contribution in [0, 0.1) is 11.3 Å². The first kappa shape index (κ1) is 15.9. The lowest BCUT2D eigenvalue weighted by molar-refractivity contribution is -0.168. The Bertz CT molecular complexity index is 429. The molecule has 4 fully saturated rings. The Kier molecular flexibility index (Phi) is 4.64. The van der Waals surface area contributed by atoms with E-state index in [0.29, 0.717) is 12.0 Å². The quantitative estimate of drug-likeness (QED) is 0.747. The predicted molar refractivity (Wildman–Crippen MR) is 90.2 cm³/mol. The van der Waals surface area contributed by atoms with Gasteiger partial charge in [-0.15, -0.1) is 0 Å². The Morgan fingerprint density at radius 2 is 1.87 bits per heavy atom. The molecule has 0 aromatic heterocycles. The molecule has 4 aliphatic rings. The third kappa shape index (κ3) is 3.30. The minimum atomic E-state index is -0.0362. The van der Waals surface area contributed by atoms with Crippen molar-refractivity contribution in [3.8, 4) is 0 Å². The van der Waals surface area contributed by atoms with Crippen LogP contribution in [0.2, 0.25) is 0 Å². The fourth-order valence-corrected chi connectivity index (χ4v) is 5.34. The molecule has 0 N–H and O–H groups in total. The molecule has 3 saturated heterocycles. The topological polar surface area (TPSA) is 32.8 Å². The van der Waals surface area contributed by atoms with Gasteiger partial charge in [0.1, 0.15) is 0 Å². The Labute approximate surface area is 140 Å². The molecule has 1 spiro atoms. The molecule has 0 aromatic carbocycles. The number of β-lactam (4-membered cyclic amide) rings is 1. The van der Waals surface area contributed by atoms with Crippen LogP contribution in [-0.4, -0.2) is 61.1 Å². The summed E-state index contributed by atoms with van der Waals surface area (Å²) < 4.78 is 5.79. The van der Waals surface area contributed by atoms with E-state index in [1.54, 1.807) is 0 Å². The largest absolute Gasteiger partial charge is 0.377 e. The van der Waals surface area contributed by atoms with E-state index in [4.69, 9.17) is 4.74 Å². The number of likely N-dealkylation sites (tertiary alicyclic amines) is 2. The van der Waals surface area contributed by atoms with E-state index in [1.165, 1.54) is 51.4 Å². The molecule has 2 atom stereocenters. The number of hydrogen-bond donors (Lipinski definition) is 0. The predicted octanol–water partition coefficient (Wildman–Crippen LogP) is 2.67. The Morgan fingerprint density at radius 1 is 1.00 bits per heavy atom. The van der Waals surface area contributed by atoms with Crippen molar-refractivity contribution in [3.05, 3.63) is 0 Å². The number of nitrogens with zero attached hydrogens (tertiary/aromatic N) is 2. The molecule has 4 rings (SSSR count). The van der Waals surface area contributed by atoms with Crippen LogP contribution in [0.5, 0.6) is 0 Å². The van der Waals surface area contributed by atoms with Gasteiger partial charge in [0.05, 0.1) is 11.5 Å². The van der Waals surface area contributed by atoms with Crippen LogP contribution in [0.3, 0.4) is 0 Å². The van der Waals surface area contributed by atoms with Crippen molar-refractivity contribution in [2.75, 3.05) is 39.3 Å². The van der Waals surface area contributed by atoms with Gasteiger partial charge in [0.25, 0.3) is 0 Å². The third-order valence-corrected chi connectivity index (χ3v) is 6.58. The first-order chi connectivity index (χ1) is 11.3. The lowest BCUT2D eigenvalue weighted by Crippen LogP contribution is -2.67. The lowest BCUT2D eigenvalue weighted by atomic mass is 9.71. The van der Waals surface area contributed by atoms with E-state index in [1.807, 2.05) is 0 Å². The van der Waals surface area contributed by atoms with E-state index >= 15 is 0 Å². The number of hydrogen-bond acceptors (Lipinski definition) is 3. The minimum Gasteiger partial charge on any atom is -0.377 e. The van der Waals surface area contributed by atoms with E-state index in [9.17, 15) is 4.79 Å². The van der Waals surface area contributed by atoms with Gasteiger partial charge in [-0.1, -0.05) is 19.3 Å². The van der Waals surface area contributed by atoms with Crippen LogP contribution in [-0.2, 0) is 9.53 Å². The van der Waals surface area contributed by atoms with Gasteiger partial charge < -0.3 is 9.64 Å². The van der Waals surface area contributed by atoms with Crippen molar-refractivity contribution >= 4 is 5.91 Å².